The molecule has 4 heteroatoms. The van der Waals surface area contributed by atoms with Crippen molar-refractivity contribution in [3.05, 3.63) is 40.7 Å². The van der Waals surface area contributed by atoms with Gasteiger partial charge in [0.15, 0.2) is 0 Å². The third-order valence-corrected chi connectivity index (χ3v) is 3.36. The van der Waals surface area contributed by atoms with Gasteiger partial charge in [0.2, 0.25) is 0 Å². The minimum absolute atomic E-state index is 0.173. The molecule has 2 rings (SSSR count). The van der Waals surface area contributed by atoms with E-state index in [-0.39, 0.29) is 5.82 Å². The predicted octanol–water partition coefficient (Wildman–Crippen LogP) is 2.98. The number of nitrogens with one attached hydrogen (secondary N) is 1. The van der Waals surface area contributed by atoms with E-state index in [1.54, 1.807) is 25.3 Å². The lowest BCUT2D eigenvalue weighted by molar-refractivity contribution is 0.622. The van der Waals surface area contributed by atoms with E-state index in [9.17, 15) is 4.39 Å². The van der Waals surface area contributed by atoms with Crippen LogP contribution in [-0.4, -0.2) is 12.0 Å². The average Bonchev–Trinajstić information content (AvgIpc) is 2.71. The summed E-state index contributed by atoms with van der Waals surface area (Å²) < 4.78 is 13.8. The smallest absolute Gasteiger partial charge is 0.136 e. The quantitative estimate of drug-likeness (QED) is 0.886. The van der Waals surface area contributed by atoms with Gasteiger partial charge >= 0.3 is 0 Å². The molecule has 1 N–H and O–H groups in total. The van der Waals surface area contributed by atoms with Gasteiger partial charge in [0, 0.05) is 23.2 Å². The van der Waals surface area contributed by atoms with Crippen molar-refractivity contribution >= 4 is 11.3 Å². The molecule has 0 saturated heterocycles. The SMILES string of the molecule is CNCc1cnc(-c2cccc(C)c2F)s1. The fourth-order valence-corrected chi connectivity index (χ4v) is 2.44. The maximum Gasteiger partial charge on any atom is 0.136 e. The molecule has 0 aliphatic heterocycles. The molecule has 0 amide bonds. The summed E-state index contributed by atoms with van der Waals surface area (Å²) in [7, 11) is 1.88. The Kier molecular flexibility index (Phi) is 3.31. The van der Waals surface area contributed by atoms with Gasteiger partial charge in [0.1, 0.15) is 10.8 Å². The molecule has 84 valence electrons. The van der Waals surface area contributed by atoms with Crippen LogP contribution < -0.4 is 5.32 Å². The third-order valence-electron chi connectivity index (χ3n) is 2.33. The van der Waals surface area contributed by atoms with Gasteiger partial charge in [-0.05, 0) is 25.6 Å². The summed E-state index contributed by atoms with van der Waals surface area (Å²) in [6.07, 6.45) is 1.79. The zero-order chi connectivity index (χ0) is 11.5. The van der Waals surface area contributed by atoms with Gasteiger partial charge in [-0.1, -0.05) is 12.1 Å². The highest BCUT2D eigenvalue weighted by atomic mass is 32.1. The number of hydrogen-bond acceptors (Lipinski definition) is 3. The lowest BCUT2D eigenvalue weighted by atomic mass is 10.1. The Morgan fingerprint density at radius 2 is 2.25 bits per heavy atom. The molecule has 2 aromatic rings. The Balaban J connectivity index is 2.39. The zero-order valence-corrected chi connectivity index (χ0v) is 10.1. The van der Waals surface area contributed by atoms with Crippen molar-refractivity contribution < 1.29 is 4.39 Å². The molecule has 0 fully saturated rings. The Morgan fingerprint density at radius 1 is 1.44 bits per heavy atom. The highest BCUT2D eigenvalue weighted by Gasteiger charge is 2.10. The second-order valence-corrected chi connectivity index (χ2v) is 4.71. The number of hydrogen-bond donors (Lipinski definition) is 1. The molecule has 0 atom stereocenters. The maximum atomic E-state index is 13.8. The van der Waals surface area contributed by atoms with Crippen molar-refractivity contribution in [3.8, 4) is 10.6 Å². The molecule has 1 aromatic heterocycles. The molecule has 0 saturated carbocycles. The van der Waals surface area contributed by atoms with Crippen LogP contribution in [0.15, 0.2) is 24.4 Å². The van der Waals surface area contributed by atoms with E-state index in [1.165, 1.54) is 11.3 Å². The summed E-state index contributed by atoms with van der Waals surface area (Å²) in [5.41, 5.74) is 1.25. The Hall–Kier alpha value is -1.26. The largest absolute Gasteiger partial charge is 0.315 e. The van der Waals surface area contributed by atoms with Crippen LogP contribution in [0.2, 0.25) is 0 Å². The first-order chi connectivity index (χ1) is 7.72. The van der Waals surface area contributed by atoms with E-state index >= 15 is 0 Å². The summed E-state index contributed by atoms with van der Waals surface area (Å²) in [4.78, 5) is 5.36. The van der Waals surface area contributed by atoms with Gasteiger partial charge in [-0.25, -0.2) is 9.37 Å². The number of aromatic nitrogens is 1. The predicted molar refractivity (Wildman–Crippen MR) is 65.0 cm³/mol. The summed E-state index contributed by atoms with van der Waals surface area (Å²) in [5.74, 6) is -0.173. The minimum atomic E-state index is -0.173. The number of benzene rings is 1. The molecular formula is C12H13FN2S. The molecule has 2 nitrogen and oxygen atoms in total. The maximum absolute atomic E-state index is 13.8. The molecule has 0 aliphatic rings. The molecule has 16 heavy (non-hydrogen) atoms. The molecule has 0 spiro atoms. The lowest BCUT2D eigenvalue weighted by Gasteiger charge is -2.01. The number of aryl methyl sites for hydroxylation is 1. The molecule has 1 heterocycles. The van der Waals surface area contributed by atoms with Crippen LogP contribution in [0.25, 0.3) is 10.6 Å². The first kappa shape index (κ1) is 11.2. The van der Waals surface area contributed by atoms with Crippen LogP contribution in [0.5, 0.6) is 0 Å². The fraction of sp³-hybridized carbons (Fsp3) is 0.250. The van der Waals surface area contributed by atoms with Crippen LogP contribution in [0.3, 0.4) is 0 Å². The Morgan fingerprint density at radius 3 is 3.00 bits per heavy atom. The summed E-state index contributed by atoms with van der Waals surface area (Å²) in [6.45, 7) is 2.53. The van der Waals surface area contributed by atoms with Crippen LogP contribution in [0.4, 0.5) is 4.39 Å². The van der Waals surface area contributed by atoms with Crippen molar-refractivity contribution in [3.63, 3.8) is 0 Å². The molecule has 0 unspecified atom stereocenters. The molecule has 0 aliphatic carbocycles. The minimum Gasteiger partial charge on any atom is -0.315 e. The first-order valence-corrected chi connectivity index (χ1v) is 5.89. The molecule has 0 bridgehead atoms. The second kappa shape index (κ2) is 4.72. The van der Waals surface area contributed by atoms with Gasteiger partial charge < -0.3 is 5.32 Å². The van der Waals surface area contributed by atoms with E-state index in [0.717, 1.165) is 16.4 Å². The van der Waals surface area contributed by atoms with Crippen molar-refractivity contribution in [2.45, 2.75) is 13.5 Å². The van der Waals surface area contributed by atoms with Gasteiger partial charge in [0.25, 0.3) is 0 Å². The van der Waals surface area contributed by atoms with Crippen LogP contribution in [0.1, 0.15) is 10.4 Å². The summed E-state index contributed by atoms with van der Waals surface area (Å²) in [5, 5.41) is 3.79. The van der Waals surface area contributed by atoms with Crippen molar-refractivity contribution in [2.75, 3.05) is 7.05 Å². The number of rotatable bonds is 3. The van der Waals surface area contributed by atoms with Gasteiger partial charge in [0.05, 0.1) is 0 Å². The van der Waals surface area contributed by atoms with E-state index < -0.39 is 0 Å². The highest BCUT2D eigenvalue weighted by molar-refractivity contribution is 7.15. The lowest BCUT2D eigenvalue weighted by Crippen LogP contribution is -2.02. The van der Waals surface area contributed by atoms with Crippen LogP contribution >= 0.6 is 11.3 Å². The monoisotopic (exact) mass is 236 g/mol. The molecule has 0 radical (unpaired) electrons. The van der Waals surface area contributed by atoms with Gasteiger partial charge in [-0.2, -0.15) is 0 Å². The molecule has 1 aromatic carbocycles. The number of nitrogens with zero attached hydrogens (tertiary/aromatic N) is 1. The summed E-state index contributed by atoms with van der Waals surface area (Å²) in [6, 6.07) is 5.39. The Labute approximate surface area is 98.2 Å². The van der Waals surface area contributed by atoms with Gasteiger partial charge in [-0.3, -0.25) is 0 Å². The van der Waals surface area contributed by atoms with Crippen molar-refractivity contribution in [1.29, 1.82) is 0 Å². The zero-order valence-electron chi connectivity index (χ0n) is 9.25. The average molecular weight is 236 g/mol. The second-order valence-electron chi connectivity index (χ2n) is 3.60. The van der Waals surface area contributed by atoms with Gasteiger partial charge in [-0.15, -0.1) is 11.3 Å². The van der Waals surface area contributed by atoms with Crippen molar-refractivity contribution in [2.24, 2.45) is 0 Å². The first-order valence-electron chi connectivity index (χ1n) is 5.07. The highest BCUT2D eigenvalue weighted by Crippen LogP contribution is 2.28. The van der Waals surface area contributed by atoms with Crippen LogP contribution in [0, 0.1) is 12.7 Å². The Bertz CT molecular complexity index is 494. The number of thiazole rings is 1. The van der Waals surface area contributed by atoms with E-state index in [1.807, 2.05) is 13.1 Å². The summed E-state index contributed by atoms with van der Waals surface area (Å²) >= 11 is 1.52. The molecular weight excluding hydrogens is 223 g/mol. The fourth-order valence-electron chi connectivity index (χ4n) is 1.50. The van der Waals surface area contributed by atoms with E-state index in [0.29, 0.717) is 11.1 Å². The number of halogens is 1. The van der Waals surface area contributed by atoms with Crippen LogP contribution in [-0.2, 0) is 6.54 Å². The standard InChI is InChI=1S/C12H13FN2S/c1-8-4-3-5-10(11(8)13)12-15-7-9(16-12)6-14-2/h3-5,7,14H,6H2,1-2H3. The third kappa shape index (κ3) is 2.13. The normalized spacial score (nSPS) is 10.7. The van der Waals surface area contributed by atoms with E-state index in [2.05, 4.69) is 10.3 Å². The topological polar surface area (TPSA) is 24.9 Å². The van der Waals surface area contributed by atoms with Crippen molar-refractivity contribution in [1.82, 2.24) is 10.3 Å². The van der Waals surface area contributed by atoms with E-state index in [4.69, 9.17) is 0 Å².